The molecule has 180 valence electrons. The van der Waals surface area contributed by atoms with E-state index in [0.29, 0.717) is 10.2 Å². The second-order valence-corrected chi connectivity index (χ2v) is 9.54. The predicted octanol–water partition coefficient (Wildman–Crippen LogP) is 5.79. The van der Waals surface area contributed by atoms with Gasteiger partial charge in [-0.05, 0) is 53.8 Å². The van der Waals surface area contributed by atoms with E-state index < -0.39 is 23.5 Å². The zero-order chi connectivity index (χ0) is 25.2. The molecule has 1 aliphatic rings. The summed E-state index contributed by atoms with van der Waals surface area (Å²) in [5.74, 6) is -1.76. The van der Waals surface area contributed by atoms with Crippen LogP contribution in [0.15, 0.2) is 71.2 Å². The molecular weight excluding hydrogens is 512 g/mol. The molecule has 3 aromatic carbocycles. The van der Waals surface area contributed by atoms with Crippen molar-refractivity contribution >= 4 is 39.6 Å². The molecule has 1 aliphatic carbocycles. The average Bonchev–Trinajstić information content (AvgIpc) is 3.16. The van der Waals surface area contributed by atoms with Crippen LogP contribution in [0.5, 0.6) is 0 Å². The summed E-state index contributed by atoms with van der Waals surface area (Å²) in [6.45, 7) is 3.29. The van der Waals surface area contributed by atoms with E-state index in [1.54, 1.807) is 19.1 Å². The molecule has 1 unspecified atom stereocenters. The minimum absolute atomic E-state index is 0.0697. The van der Waals surface area contributed by atoms with Crippen molar-refractivity contribution in [1.29, 1.82) is 0 Å². The summed E-state index contributed by atoms with van der Waals surface area (Å²) in [7, 11) is 0. The van der Waals surface area contributed by atoms with Crippen molar-refractivity contribution in [2.75, 3.05) is 11.9 Å². The average molecular weight is 537 g/mol. The molecule has 4 rings (SSSR count). The number of carbonyl (C=O) groups excluding carboxylic acids is 2. The van der Waals surface area contributed by atoms with Gasteiger partial charge in [0.15, 0.2) is 0 Å². The highest BCUT2D eigenvalue weighted by atomic mass is 79.9. The fourth-order valence-electron chi connectivity index (χ4n) is 4.16. The molecule has 7 nitrogen and oxygen atoms in total. The van der Waals surface area contributed by atoms with Gasteiger partial charge in [-0.3, -0.25) is 10.1 Å². The van der Waals surface area contributed by atoms with E-state index in [4.69, 9.17) is 4.74 Å². The highest BCUT2D eigenvalue weighted by Crippen LogP contribution is 2.44. The monoisotopic (exact) mass is 536 g/mol. The quantitative estimate of drug-likeness (QED) is 0.354. The smallest absolute Gasteiger partial charge is 0.411 e. The fraction of sp³-hybridized carbons (Fsp3) is 0.222. The second-order valence-electron chi connectivity index (χ2n) is 8.62. The van der Waals surface area contributed by atoms with Gasteiger partial charge < -0.3 is 15.2 Å². The second kappa shape index (κ2) is 9.92. The lowest BCUT2D eigenvalue weighted by atomic mass is 9.98. The number of anilines is 1. The molecular formula is C27H25BrN2O5. The number of carboxylic acid groups (broad SMARTS) is 1. The van der Waals surface area contributed by atoms with Crippen molar-refractivity contribution in [3.8, 4) is 11.1 Å². The maximum absolute atomic E-state index is 12.7. The van der Waals surface area contributed by atoms with Gasteiger partial charge in [-0.1, -0.05) is 71.4 Å². The minimum atomic E-state index is -1.40. The van der Waals surface area contributed by atoms with Crippen molar-refractivity contribution in [2.45, 2.75) is 31.7 Å². The number of amides is 2. The van der Waals surface area contributed by atoms with Crippen molar-refractivity contribution < 1.29 is 24.2 Å². The molecule has 0 bridgehead atoms. The number of hydrogen-bond acceptors (Lipinski definition) is 4. The molecule has 2 amide bonds. The zero-order valence-corrected chi connectivity index (χ0v) is 20.9. The number of nitrogens with one attached hydrogen (secondary N) is 2. The number of fused-ring (bicyclic) bond motifs is 3. The Morgan fingerprint density at radius 2 is 1.60 bits per heavy atom. The van der Waals surface area contributed by atoms with Gasteiger partial charge in [-0.15, -0.1) is 0 Å². The largest absolute Gasteiger partial charge is 0.480 e. The molecule has 0 aromatic heterocycles. The first-order valence-electron chi connectivity index (χ1n) is 11.2. The molecule has 0 saturated heterocycles. The number of ether oxygens (including phenoxy) is 1. The summed E-state index contributed by atoms with van der Waals surface area (Å²) in [5, 5.41) is 14.6. The number of benzene rings is 3. The van der Waals surface area contributed by atoms with Crippen molar-refractivity contribution in [3.05, 3.63) is 87.9 Å². The molecule has 3 N–H and O–H groups in total. The molecule has 8 heteroatoms. The summed E-state index contributed by atoms with van der Waals surface area (Å²) >= 11 is 3.34. The Kier molecular flexibility index (Phi) is 6.93. The van der Waals surface area contributed by atoms with Gasteiger partial charge >= 0.3 is 12.1 Å². The van der Waals surface area contributed by atoms with E-state index in [2.05, 4.69) is 38.7 Å². The summed E-state index contributed by atoms with van der Waals surface area (Å²) in [4.78, 5) is 36.9. The first-order chi connectivity index (χ1) is 16.7. The highest BCUT2D eigenvalue weighted by Gasteiger charge is 2.33. The van der Waals surface area contributed by atoms with Crippen LogP contribution in [-0.4, -0.2) is 35.2 Å². The summed E-state index contributed by atoms with van der Waals surface area (Å²) in [6.07, 6.45) is -0.437. The lowest BCUT2D eigenvalue weighted by molar-refractivity contribution is -0.143. The van der Waals surface area contributed by atoms with Gasteiger partial charge in [0.25, 0.3) is 5.91 Å². The number of carboxylic acids is 1. The standard InChI is InChI=1S/C27H25BrN2O5/c1-3-27(2,25(32)33)30-24(31)16-12-17(28)14-18(13-16)29-26(34)35-15-23-21-10-6-4-8-19(21)20-9-5-7-11-22(20)23/h4-14,23H,3,15H2,1-2H3,(H,29,34)(H,30,31)(H,32,33). The van der Waals surface area contributed by atoms with Gasteiger partial charge in [0.1, 0.15) is 12.1 Å². The Labute approximate surface area is 211 Å². The predicted molar refractivity (Wildman–Crippen MR) is 137 cm³/mol. The Morgan fingerprint density at radius 1 is 1.00 bits per heavy atom. The van der Waals surface area contributed by atoms with E-state index >= 15 is 0 Å². The lowest BCUT2D eigenvalue weighted by Gasteiger charge is -2.24. The van der Waals surface area contributed by atoms with Crippen LogP contribution in [0.2, 0.25) is 0 Å². The van der Waals surface area contributed by atoms with Crippen LogP contribution in [0.25, 0.3) is 11.1 Å². The minimum Gasteiger partial charge on any atom is -0.480 e. The third-order valence-corrected chi connectivity index (χ3v) is 6.78. The Morgan fingerprint density at radius 3 is 2.17 bits per heavy atom. The fourth-order valence-corrected chi connectivity index (χ4v) is 4.65. The van der Waals surface area contributed by atoms with E-state index in [1.165, 1.54) is 13.0 Å². The SMILES string of the molecule is CCC(C)(NC(=O)c1cc(Br)cc(NC(=O)OCC2c3ccccc3-c3ccccc32)c1)C(=O)O. The van der Waals surface area contributed by atoms with Crippen LogP contribution in [0.4, 0.5) is 10.5 Å². The van der Waals surface area contributed by atoms with Crippen LogP contribution in [0.1, 0.15) is 47.7 Å². The van der Waals surface area contributed by atoms with Gasteiger partial charge in [0.05, 0.1) is 0 Å². The highest BCUT2D eigenvalue weighted by molar-refractivity contribution is 9.10. The van der Waals surface area contributed by atoms with Gasteiger partial charge in [-0.25, -0.2) is 9.59 Å². The summed E-state index contributed by atoms with van der Waals surface area (Å²) in [5.41, 5.74) is 3.64. The van der Waals surface area contributed by atoms with Gasteiger partial charge in [0.2, 0.25) is 0 Å². The third kappa shape index (κ3) is 5.07. The van der Waals surface area contributed by atoms with Gasteiger partial charge in [0, 0.05) is 21.6 Å². The number of carbonyl (C=O) groups is 3. The lowest BCUT2D eigenvalue weighted by Crippen LogP contribution is -2.51. The number of aliphatic carboxylic acids is 1. The molecule has 0 heterocycles. The maximum atomic E-state index is 12.7. The summed E-state index contributed by atoms with van der Waals surface area (Å²) in [6, 6.07) is 20.8. The van der Waals surface area contributed by atoms with E-state index in [-0.39, 0.29) is 24.5 Å². The Hall–Kier alpha value is -3.65. The first kappa shape index (κ1) is 24.5. The summed E-state index contributed by atoms with van der Waals surface area (Å²) < 4.78 is 6.12. The van der Waals surface area contributed by atoms with Gasteiger partial charge in [-0.2, -0.15) is 0 Å². The first-order valence-corrected chi connectivity index (χ1v) is 12.0. The van der Waals surface area contributed by atoms with E-state index in [9.17, 15) is 19.5 Å². The van der Waals surface area contributed by atoms with Crippen molar-refractivity contribution in [2.24, 2.45) is 0 Å². The van der Waals surface area contributed by atoms with Crippen LogP contribution >= 0.6 is 15.9 Å². The van der Waals surface area contributed by atoms with Crippen LogP contribution in [0.3, 0.4) is 0 Å². The van der Waals surface area contributed by atoms with Crippen LogP contribution in [0, 0.1) is 0 Å². The number of rotatable bonds is 7. The van der Waals surface area contributed by atoms with Crippen molar-refractivity contribution in [1.82, 2.24) is 5.32 Å². The van der Waals surface area contributed by atoms with Crippen LogP contribution in [-0.2, 0) is 9.53 Å². The van der Waals surface area contributed by atoms with Crippen LogP contribution < -0.4 is 10.6 Å². The third-order valence-electron chi connectivity index (χ3n) is 6.32. The molecule has 3 aromatic rings. The normalized spacial score (nSPS) is 13.8. The molecule has 0 aliphatic heterocycles. The topological polar surface area (TPSA) is 105 Å². The number of halogens is 1. The molecule has 35 heavy (non-hydrogen) atoms. The zero-order valence-electron chi connectivity index (χ0n) is 19.3. The van der Waals surface area contributed by atoms with Crippen molar-refractivity contribution in [3.63, 3.8) is 0 Å². The molecule has 0 fully saturated rings. The Bertz CT molecular complexity index is 1260. The molecule has 0 spiro atoms. The molecule has 1 atom stereocenters. The molecule has 0 saturated carbocycles. The molecule has 0 radical (unpaired) electrons. The maximum Gasteiger partial charge on any atom is 0.411 e. The number of hydrogen-bond donors (Lipinski definition) is 3. The Balaban J connectivity index is 1.45. The van der Waals surface area contributed by atoms with E-state index in [1.807, 2.05) is 36.4 Å². The van der Waals surface area contributed by atoms with E-state index in [0.717, 1.165) is 22.3 Å².